The molecule has 18 heavy (non-hydrogen) atoms. The Morgan fingerprint density at radius 3 is 2.39 bits per heavy atom. The average Bonchev–Trinajstić information content (AvgIpc) is 2.38. The Hall–Kier alpha value is -1.86. The first-order valence-corrected chi connectivity index (χ1v) is 6.08. The molecule has 2 heteroatoms. The largest absolute Gasteiger partial charge is 0.289 e. The van der Waals surface area contributed by atoms with Crippen LogP contribution in [0.4, 0.5) is 0 Å². The highest BCUT2D eigenvalue weighted by atomic mass is 35.5. The highest BCUT2D eigenvalue weighted by molar-refractivity contribution is 6.30. The van der Waals surface area contributed by atoms with Crippen molar-refractivity contribution >= 4 is 23.5 Å². The van der Waals surface area contributed by atoms with Crippen LogP contribution in [0.2, 0.25) is 5.02 Å². The first kappa shape index (κ1) is 12.6. The quantitative estimate of drug-likeness (QED) is 0.582. The number of hydrogen-bond acceptors (Lipinski definition) is 1. The third kappa shape index (κ3) is 3.08. The molecule has 0 aromatic heterocycles. The molecule has 1 nitrogen and oxygen atoms in total. The molecule has 0 N–H and O–H groups in total. The number of carbonyl (C=O) groups excluding carboxylic acids is 1. The van der Waals surface area contributed by atoms with Crippen LogP contribution in [0, 0.1) is 6.92 Å². The van der Waals surface area contributed by atoms with Crippen molar-refractivity contribution in [2.75, 3.05) is 0 Å². The summed E-state index contributed by atoms with van der Waals surface area (Å²) in [4.78, 5) is 11.9. The van der Waals surface area contributed by atoms with Crippen LogP contribution in [0.25, 0.3) is 6.08 Å². The van der Waals surface area contributed by atoms with Crippen molar-refractivity contribution in [3.8, 4) is 0 Å². The number of allylic oxidation sites excluding steroid dienone is 1. The average molecular weight is 257 g/mol. The maximum absolute atomic E-state index is 11.9. The number of rotatable bonds is 3. The SMILES string of the molecule is Cc1ccccc1C=CC(=O)c1ccc(Cl)cc1. The maximum Gasteiger partial charge on any atom is 0.185 e. The van der Waals surface area contributed by atoms with Gasteiger partial charge in [-0.15, -0.1) is 0 Å². The first-order chi connectivity index (χ1) is 8.66. The van der Waals surface area contributed by atoms with Crippen LogP contribution in [-0.4, -0.2) is 5.78 Å². The van der Waals surface area contributed by atoms with Gasteiger partial charge in [-0.3, -0.25) is 4.79 Å². The van der Waals surface area contributed by atoms with Crippen molar-refractivity contribution in [1.29, 1.82) is 0 Å². The molecule has 0 fully saturated rings. The van der Waals surface area contributed by atoms with E-state index in [9.17, 15) is 4.79 Å². The van der Waals surface area contributed by atoms with Crippen LogP contribution in [0.5, 0.6) is 0 Å². The standard InChI is InChI=1S/C16H13ClO/c1-12-4-2-3-5-13(12)8-11-16(18)14-6-9-15(17)10-7-14/h2-11H,1H3. The Morgan fingerprint density at radius 2 is 1.72 bits per heavy atom. The lowest BCUT2D eigenvalue weighted by atomic mass is 10.1. The van der Waals surface area contributed by atoms with Gasteiger partial charge < -0.3 is 0 Å². The lowest BCUT2D eigenvalue weighted by Gasteiger charge is -1.99. The van der Waals surface area contributed by atoms with Gasteiger partial charge in [-0.25, -0.2) is 0 Å². The Balaban J connectivity index is 2.17. The summed E-state index contributed by atoms with van der Waals surface area (Å²) >= 11 is 5.78. The minimum absolute atomic E-state index is 0.0186. The van der Waals surface area contributed by atoms with E-state index in [0.717, 1.165) is 11.1 Å². The molecule has 0 aliphatic heterocycles. The number of carbonyl (C=O) groups is 1. The van der Waals surface area contributed by atoms with Gasteiger partial charge >= 0.3 is 0 Å². The predicted octanol–water partition coefficient (Wildman–Crippen LogP) is 4.54. The third-order valence-corrected chi connectivity index (χ3v) is 2.98. The van der Waals surface area contributed by atoms with Crippen molar-refractivity contribution in [3.63, 3.8) is 0 Å². The van der Waals surface area contributed by atoms with Gasteiger partial charge in [0.05, 0.1) is 0 Å². The second-order valence-electron chi connectivity index (χ2n) is 4.06. The maximum atomic E-state index is 11.9. The van der Waals surface area contributed by atoms with Gasteiger partial charge in [-0.2, -0.15) is 0 Å². The van der Waals surface area contributed by atoms with E-state index >= 15 is 0 Å². The molecule has 0 aliphatic carbocycles. The number of aryl methyl sites for hydroxylation is 1. The molecule has 0 bridgehead atoms. The summed E-state index contributed by atoms with van der Waals surface area (Å²) in [7, 11) is 0. The van der Waals surface area contributed by atoms with E-state index in [1.807, 2.05) is 37.3 Å². The predicted molar refractivity (Wildman–Crippen MR) is 76.0 cm³/mol. The van der Waals surface area contributed by atoms with E-state index in [4.69, 9.17) is 11.6 Å². The molecule has 0 atom stereocenters. The van der Waals surface area contributed by atoms with Crippen LogP contribution in [0.15, 0.2) is 54.6 Å². The van der Waals surface area contributed by atoms with Gasteiger partial charge in [0, 0.05) is 10.6 Å². The lowest BCUT2D eigenvalue weighted by molar-refractivity contribution is 0.104. The zero-order chi connectivity index (χ0) is 13.0. The second kappa shape index (κ2) is 5.65. The van der Waals surface area contributed by atoms with Gasteiger partial charge in [-0.05, 0) is 48.4 Å². The normalized spacial score (nSPS) is 10.8. The van der Waals surface area contributed by atoms with Gasteiger partial charge in [0.15, 0.2) is 5.78 Å². The topological polar surface area (TPSA) is 17.1 Å². The fraction of sp³-hybridized carbons (Fsp3) is 0.0625. The number of benzene rings is 2. The van der Waals surface area contributed by atoms with Crippen molar-refractivity contribution in [2.45, 2.75) is 6.92 Å². The van der Waals surface area contributed by atoms with E-state index < -0.39 is 0 Å². The van der Waals surface area contributed by atoms with E-state index in [0.29, 0.717) is 10.6 Å². The molecule has 0 spiro atoms. The number of hydrogen-bond donors (Lipinski definition) is 0. The highest BCUT2D eigenvalue weighted by Crippen LogP contribution is 2.12. The fourth-order valence-electron chi connectivity index (χ4n) is 1.65. The van der Waals surface area contributed by atoms with Crippen molar-refractivity contribution in [3.05, 3.63) is 76.3 Å². The van der Waals surface area contributed by atoms with E-state index in [1.54, 1.807) is 30.3 Å². The van der Waals surface area contributed by atoms with Crippen LogP contribution in [-0.2, 0) is 0 Å². The smallest absolute Gasteiger partial charge is 0.185 e. The summed E-state index contributed by atoms with van der Waals surface area (Å²) in [5.74, 6) is -0.0186. The summed E-state index contributed by atoms with van der Waals surface area (Å²) in [6, 6.07) is 14.8. The molecule has 0 radical (unpaired) electrons. The monoisotopic (exact) mass is 256 g/mol. The van der Waals surface area contributed by atoms with E-state index in [2.05, 4.69) is 0 Å². The summed E-state index contributed by atoms with van der Waals surface area (Å²) in [6.07, 6.45) is 3.43. The summed E-state index contributed by atoms with van der Waals surface area (Å²) in [6.45, 7) is 2.02. The van der Waals surface area contributed by atoms with Gasteiger partial charge in [0.25, 0.3) is 0 Å². The summed E-state index contributed by atoms with van der Waals surface area (Å²) in [5.41, 5.74) is 2.85. The van der Waals surface area contributed by atoms with E-state index in [-0.39, 0.29) is 5.78 Å². The van der Waals surface area contributed by atoms with Crippen molar-refractivity contribution < 1.29 is 4.79 Å². The molecule has 0 heterocycles. The first-order valence-electron chi connectivity index (χ1n) is 5.70. The Bertz CT molecular complexity index is 582. The van der Waals surface area contributed by atoms with Crippen LogP contribution < -0.4 is 0 Å². The van der Waals surface area contributed by atoms with E-state index in [1.165, 1.54) is 0 Å². The van der Waals surface area contributed by atoms with Crippen LogP contribution in [0.1, 0.15) is 21.5 Å². The summed E-state index contributed by atoms with van der Waals surface area (Å²) in [5, 5.41) is 0.634. The van der Waals surface area contributed by atoms with Crippen molar-refractivity contribution in [1.82, 2.24) is 0 Å². The number of halogens is 1. The molecule has 2 aromatic carbocycles. The molecular weight excluding hydrogens is 244 g/mol. The zero-order valence-electron chi connectivity index (χ0n) is 10.1. The van der Waals surface area contributed by atoms with Gasteiger partial charge in [0.1, 0.15) is 0 Å². The Labute approximate surface area is 112 Å². The van der Waals surface area contributed by atoms with Crippen molar-refractivity contribution in [2.24, 2.45) is 0 Å². The summed E-state index contributed by atoms with van der Waals surface area (Å²) < 4.78 is 0. The molecule has 0 unspecified atom stereocenters. The Kier molecular flexibility index (Phi) is 3.96. The third-order valence-electron chi connectivity index (χ3n) is 2.73. The zero-order valence-corrected chi connectivity index (χ0v) is 10.8. The molecule has 0 saturated heterocycles. The fourth-order valence-corrected chi connectivity index (χ4v) is 1.78. The molecule has 0 aliphatic rings. The second-order valence-corrected chi connectivity index (χ2v) is 4.50. The minimum atomic E-state index is -0.0186. The lowest BCUT2D eigenvalue weighted by Crippen LogP contribution is -1.93. The molecule has 90 valence electrons. The van der Waals surface area contributed by atoms with Gasteiger partial charge in [-0.1, -0.05) is 41.9 Å². The highest BCUT2D eigenvalue weighted by Gasteiger charge is 2.01. The number of ketones is 1. The molecular formula is C16H13ClO. The van der Waals surface area contributed by atoms with Gasteiger partial charge in [0.2, 0.25) is 0 Å². The molecule has 2 aromatic rings. The van der Waals surface area contributed by atoms with Crippen LogP contribution in [0.3, 0.4) is 0 Å². The molecule has 0 amide bonds. The van der Waals surface area contributed by atoms with Crippen LogP contribution >= 0.6 is 11.6 Å². The minimum Gasteiger partial charge on any atom is -0.289 e. The molecule has 2 rings (SSSR count). The molecule has 0 saturated carbocycles. The Morgan fingerprint density at radius 1 is 1.06 bits per heavy atom.